The summed E-state index contributed by atoms with van der Waals surface area (Å²) in [5, 5.41) is 11.0. The Kier molecular flexibility index (Phi) is 5.60. The van der Waals surface area contributed by atoms with E-state index in [1.807, 2.05) is 61.9 Å². The van der Waals surface area contributed by atoms with Crippen molar-refractivity contribution in [2.45, 2.75) is 33.2 Å². The molecule has 2 amide bonds. The lowest BCUT2D eigenvalue weighted by atomic mass is 10.0. The standard InChI is InChI=1S/C20H24N4O2S/c1-12(2)10-16(18(25)21-4)22-19(26)17-11-15-13(3)23-24(20(15)27-17)14-8-6-5-7-9-14/h5-9,11-12,16H,10H2,1-4H3,(H,21,25)(H,22,26). The largest absolute Gasteiger partial charge is 0.357 e. The fraction of sp³-hybridized carbons (Fsp3) is 0.350. The van der Waals surface area contributed by atoms with Crippen molar-refractivity contribution < 1.29 is 9.59 Å². The molecule has 0 saturated carbocycles. The number of aryl methyl sites for hydroxylation is 1. The summed E-state index contributed by atoms with van der Waals surface area (Å²) in [7, 11) is 1.58. The van der Waals surface area contributed by atoms with E-state index in [0.717, 1.165) is 21.6 Å². The summed E-state index contributed by atoms with van der Waals surface area (Å²) < 4.78 is 1.86. The van der Waals surface area contributed by atoms with E-state index < -0.39 is 6.04 Å². The van der Waals surface area contributed by atoms with E-state index in [1.54, 1.807) is 7.05 Å². The van der Waals surface area contributed by atoms with Gasteiger partial charge in [0.05, 0.1) is 16.3 Å². The van der Waals surface area contributed by atoms with Crippen LogP contribution in [0.15, 0.2) is 36.4 Å². The van der Waals surface area contributed by atoms with Gasteiger partial charge in [-0.3, -0.25) is 9.59 Å². The average Bonchev–Trinajstić information content (AvgIpc) is 3.21. The monoisotopic (exact) mass is 384 g/mol. The third kappa shape index (κ3) is 4.03. The van der Waals surface area contributed by atoms with Gasteiger partial charge in [-0.05, 0) is 37.5 Å². The molecule has 2 heterocycles. The van der Waals surface area contributed by atoms with E-state index in [9.17, 15) is 9.59 Å². The van der Waals surface area contributed by atoms with Crippen LogP contribution in [0.3, 0.4) is 0 Å². The topological polar surface area (TPSA) is 76.0 Å². The van der Waals surface area contributed by atoms with E-state index in [0.29, 0.717) is 17.2 Å². The van der Waals surface area contributed by atoms with Gasteiger partial charge in [0, 0.05) is 12.4 Å². The summed E-state index contributed by atoms with van der Waals surface area (Å²) >= 11 is 1.38. The number of nitrogens with one attached hydrogen (secondary N) is 2. The molecular weight excluding hydrogens is 360 g/mol. The summed E-state index contributed by atoms with van der Waals surface area (Å²) in [6.45, 7) is 5.99. The normalized spacial score (nSPS) is 12.3. The minimum Gasteiger partial charge on any atom is -0.357 e. The Bertz CT molecular complexity index is 959. The number of benzene rings is 1. The van der Waals surface area contributed by atoms with Gasteiger partial charge in [0.15, 0.2) is 0 Å². The zero-order valence-electron chi connectivity index (χ0n) is 15.9. The van der Waals surface area contributed by atoms with Crippen molar-refractivity contribution in [1.82, 2.24) is 20.4 Å². The van der Waals surface area contributed by atoms with Crippen LogP contribution in [0.4, 0.5) is 0 Å². The van der Waals surface area contributed by atoms with Gasteiger partial charge in [-0.1, -0.05) is 32.0 Å². The molecule has 6 nitrogen and oxygen atoms in total. The van der Waals surface area contributed by atoms with Crippen molar-refractivity contribution in [3.63, 3.8) is 0 Å². The average molecular weight is 385 g/mol. The Balaban J connectivity index is 1.91. The fourth-order valence-corrected chi connectivity index (χ4v) is 4.10. The summed E-state index contributed by atoms with van der Waals surface area (Å²) in [6, 6.07) is 11.1. The van der Waals surface area contributed by atoms with Gasteiger partial charge in [0.2, 0.25) is 5.91 Å². The Labute approximate surface area is 162 Å². The smallest absolute Gasteiger partial charge is 0.262 e. The lowest BCUT2D eigenvalue weighted by Crippen LogP contribution is -2.46. The molecule has 0 aliphatic rings. The molecule has 0 aliphatic carbocycles. The second kappa shape index (κ2) is 7.92. The lowest BCUT2D eigenvalue weighted by molar-refractivity contribution is -0.122. The highest BCUT2D eigenvalue weighted by molar-refractivity contribution is 7.20. The minimum atomic E-state index is -0.542. The highest BCUT2D eigenvalue weighted by Crippen LogP contribution is 2.30. The first-order chi connectivity index (χ1) is 12.9. The number of para-hydroxylation sites is 1. The molecule has 0 spiro atoms. The van der Waals surface area contributed by atoms with Crippen molar-refractivity contribution in [2.75, 3.05) is 7.05 Å². The maximum atomic E-state index is 12.8. The maximum Gasteiger partial charge on any atom is 0.262 e. The van der Waals surface area contributed by atoms with Crippen molar-refractivity contribution in [3.8, 4) is 5.69 Å². The Hall–Kier alpha value is -2.67. The summed E-state index contributed by atoms with van der Waals surface area (Å²) in [6.07, 6.45) is 0.590. The Morgan fingerprint density at radius 3 is 2.56 bits per heavy atom. The number of aromatic nitrogens is 2. The second-order valence-corrected chi connectivity index (χ2v) is 7.96. The van der Waals surface area contributed by atoms with Crippen LogP contribution in [-0.4, -0.2) is 34.7 Å². The van der Waals surface area contributed by atoms with Crippen LogP contribution in [0.5, 0.6) is 0 Å². The first kappa shape index (κ1) is 19.1. The zero-order valence-corrected chi connectivity index (χ0v) is 16.8. The number of likely N-dealkylation sites (N-methyl/N-ethyl adjacent to an activating group) is 1. The highest BCUT2D eigenvalue weighted by Gasteiger charge is 2.23. The molecule has 2 aromatic heterocycles. The number of nitrogens with zero attached hydrogens (tertiary/aromatic N) is 2. The molecule has 1 unspecified atom stereocenters. The Morgan fingerprint density at radius 2 is 1.93 bits per heavy atom. The first-order valence-corrected chi connectivity index (χ1v) is 9.79. The van der Waals surface area contributed by atoms with Gasteiger partial charge in [-0.25, -0.2) is 4.68 Å². The Morgan fingerprint density at radius 1 is 1.22 bits per heavy atom. The molecule has 0 radical (unpaired) electrons. The zero-order chi connectivity index (χ0) is 19.6. The summed E-state index contributed by atoms with van der Waals surface area (Å²) in [5.41, 5.74) is 1.82. The number of carbonyl (C=O) groups excluding carboxylic acids is 2. The molecule has 0 aliphatic heterocycles. The third-order valence-corrected chi connectivity index (χ3v) is 5.45. The molecule has 0 saturated heterocycles. The fourth-order valence-electron chi connectivity index (χ4n) is 3.01. The lowest BCUT2D eigenvalue weighted by Gasteiger charge is -2.18. The van der Waals surface area contributed by atoms with E-state index in [2.05, 4.69) is 15.7 Å². The van der Waals surface area contributed by atoms with Crippen molar-refractivity contribution in [3.05, 3.63) is 47.0 Å². The van der Waals surface area contributed by atoms with E-state index in [-0.39, 0.29) is 11.8 Å². The summed E-state index contributed by atoms with van der Waals surface area (Å²) in [4.78, 5) is 26.4. The van der Waals surface area contributed by atoms with Crippen molar-refractivity contribution in [2.24, 2.45) is 5.92 Å². The highest BCUT2D eigenvalue weighted by atomic mass is 32.1. The number of carbonyl (C=O) groups is 2. The van der Waals surface area contributed by atoms with Crippen LogP contribution >= 0.6 is 11.3 Å². The van der Waals surface area contributed by atoms with E-state index in [4.69, 9.17) is 0 Å². The molecule has 7 heteroatoms. The van der Waals surface area contributed by atoms with Crippen LogP contribution < -0.4 is 10.6 Å². The predicted octanol–water partition coefficient (Wildman–Crippen LogP) is 3.29. The van der Waals surface area contributed by atoms with Gasteiger partial charge < -0.3 is 10.6 Å². The molecule has 142 valence electrons. The third-order valence-electron chi connectivity index (χ3n) is 4.34. The number of hydrogen-bond donors (Lipinski definition) is 2. The van der Waals surface area contributed by atoms with Crippen LogP contribution in [0.1, 0.15) is 35.6 Å². The van der Waals surface area contributed by atoms with Gasteiger partial charge in [-0.2, -0.15) is 5.10 Å². The molecule has 1 atom stereocenters. The van der Waals surface area contributed by atoms with Gasteiger partial charge in [0.25, 0.3) is 5.91 Å². The molecular formula is C20H24N4O2S. The van der Waals surface area contributed by atoms with Crippen LogP contribution in [-0.2, 0) is 4.79 Å². The van der Waals surface area contributed by atoms with Crippen molar-refractivity contribution in [1.29, 1.82) is 0 Å². The number of rotatable bonds is 6. The predicted molar refractivity (Wildman–Crippen MR) is 108 cm³/mol. The quantitative estimate of drug-likeness (QED) is 0.685. The molecule has 0 bridgehead atoms. The molecule has 1 aromatic carbocycles. The SMILES string of the molecule is CNC(=O)C(CC(C)C)NC(=O)c1cc2c(C)nn(-c3ccccc3)c2s1. The van der Waals surface area contributed by atoms with Gasteiger partial charge in [0.1, 0.15) is 10.9 Å². The van der Waals surface area contributed by atoms with Gasteiger partial charge in [-0.15, -0.1) is 11.3 Å². The number of thiophene rings is 1. The van der Waals surface area contributed by atoms with Crippen molar-refractivity contribution >= 4 is 33.4 Å². The van der Waals surface area contributed by atoms with Crippen LogP contribution in [0.25, 0.3) is 15.9 Å². The van der Waals surface area contributed by atoms with Crippen LogP contribution in [0.2, 0.25) is 0 Å². The maximum absolute atomic E-state index is 12.8. The summed E-state index contributed by atoms with van der Waals surface area (Å²) in [5.74, 6) is -0.113. The molecule has 27 heavy (non-hydrogen) atoms. The molecule has 3 rings (SSSR count). The van der Waals surface area contributed by atoms with E-state index in [1.165, 1.54) is 11.3 Å². The first-order valence-electron chi connectivity index (χ1n) is 8.97. The molecule has 2 N–H and O–H groups in total. The number of fused-ring (bicyclic) bond motifs is 1. The van der Waals surface area contributed by atoms with Gasteiger partial charge >= 0.3 is 0 Å². The molecule has 0 fully saturated rings. The number of hydrogen-bond acceptors (Lipinski definition) is 4. The minimum absolute atomic E-state index is 0.176. The van der Waals surface area contributed by atoms with E-state index >= 15 is 0 Å². The number of amides is 2. The van der Waals surface area contributed by atoms with Crippen LogP contribution in [0, 0.1) is 12.8 Å². The second-order valence-electron chi connectivity index (χ2n) is 6.93. The molecule has 3 aromatic rings.